The Balaban J connectivity index is 2.38. The molecule has 3 atom stereocenters. The average molecular weight is 610 g/mol. The van der Waals surface area contributed by atoms with Crippen LogP contribution in [-0.4, -0.2) is 82.7 Å². The smallest absolute Gasteiger partial charge is 0.330 e. The lowest BCUT2D eigenvalue weighted by molar-refractivity contribution is -0.0412. The maximum atomic E-state index is 13.0. The van der Waals surface area contributed by atoms with Crippen LogP contribution >= 0.6 is 0 Å². The second-order valence-electron chi connectivity index (χ2n) is 15.0. The Bertz CT molecular complexity index is 1210. The van der Waals surface area contributed by atoms with Crippen LogP contribution in [0.2, 0.25) is 36.3 Å². The third kappa shape index (κ3) is 9.74. The van der Waals surface area contributed by atoms with Crippen molar-refractivity contribution >= 4 is 16.6 Å². The summed E-state index contributed by atoms with van der Waals surface area (Å²) in [5.41, 5.74) is -1.65. The number of hydrogen-bond donors (Lipinski definition) is 1. The molecule has 0 bridgehead atoms. The average Bonchev–Trinajstić information content (AvgIpc) is 3.16. The van der Waals surface area contributed by atoms with Gasteiger partial charge in [0, 0.05) is 19.2 Å². The van der Waals surface area contributed by atoms with Crippen LogP contribution in [-0.2, 0) is 18.3 Å². The minimum absolute atomic E-state index is 0.00885. The van der Waals surface area contributed by atoms with Gasteiger partial charge >= 0.3 is 5.69 Å². The summed E-state index contributed by atoms with van der Waals surface area (Å²) in [5.74, 6) is 5.98. The molecule has 1 aliphatic rings. The van der Waals surface area contributed by atoms with E-state index >= 15 is 0 Å². The molecule has 2 heterocycles. The summed E-state index contributed by atoms with van der Waals surface area (Å²) in [5, 5.41) is 0.0586. The van der Waals surface area contributed by atoms with Gasteiger partial charge in [-0.3, -0.25) is 14.3 Å². The summed E-state index contributed by atoms with van der Waals surface area (Å²) in [6, 6.07) is 0. The van der Waals surface area contributed by atoms with Gasteiger partial charge in [0.2, 0.25) is 0 Å². The molecule has 0 spiro atoms. The van der Waals surface area contributed by atoms with Crippen molar-refractivity contribution in [2.75, 3.05) is 33.9 Å². The molecule has 0 unspecified atom stereocenters. The molecule has 11 heteroatoms. The van der Waals surface area contributed by atoms with E-state index in [2.05, 4.69) is 84.6 Å². The van der Waals surface area contributed by atoms with E-state index in [9.17, 15) is 9.59 Å². The molecule has 0 amide bonds. The number of hydrogen-bond acceptors (Lipinski definition) is 7. The highest BCUT2D eigenvalue weighted by Gasteiger charge is 2.46. The maximum absolute atomic E-state index is 13.0. The number of ether oxygens (including phenoxy) is 2. The number of rotatable bonds is 10. The fraction of sp³-hybridized carbons (Fsp3) is 0.800. The monoisotopic (exact) mass is 609 g/mol. The fourth-order valence-electron chi connectivity index (χ4n) is 3.73. The first kappa shape index (κ1) is 35.7. The minimum Gasteiger partial charge on any atom is -0.414 e. The fourth-order valence-corrected chi connectivity index (χ4v) is 6.11. The lowest BCUT2D eigenvalue weighted by Crippen LogP contribution is -2.48. The quantitative estimate of drug-likeness (QED) is 0.296. The van der Waals surface area contributed by atoms with Gasteiger partial charge < -0.3 is 23.2 Å². The number of aromatic amines is 1. The van der Waals surface area contributed by atoms with Crippen LogP contribution < -0.4 is 11.2 Å². The summed E-state index contributed by atoms with van der Waals surface area (Å²) in [7, 11) is -0.244. The van der Waals surface area contributed by atoms with Gasteiger partial charge in [-0.15, -0.1) is 0 Å². The highest BCUT2D eigenvalue weighted by atomic mass is 28.4. The van der Waals surface area contributed by atoms with Crippen LogP contribution in [0.4, 0.5) is 0 Å². The van der Waals surface area contributed by atoms with E-state index in [4.69, 9.17) is 18.3 Å². The van der Waals surface area contributed by atoms with Gasteiger partial charge in [0.1, 0.15) is 23.5 Å². The van der Waals surface area contributed by atoms with Crippen molar-refractivity contribution in [1.29, 1.82) is 0 Å². The molecule has 1 N–H and O–H groups in total. The minimum atomic E-state index is -2.15. The molecular formula is C30H55N3O6Si2. The molecule has 9 nitrogen and oxygen atoms in total. The zero-order chi connectivity index (χ0) is 31.6. The Kier molecular flexibility index (Phi) is 11.3. The van der Waals surface area contributed by atoms with Crippen molar-refractivity contribution < 1.29 is 18.3 Å². The number of nitrogens with one attached hydrogen (secondary N) is 1. The number of H-pyrrole nitrogens is 1. The van der Waals surface area contributed by atoms with E-state index in [1.165, 1.54) is 10.8 Å². The summed E-state index contributed by atoms with van der Waals surface area (Å²) >= 11 is 0. The number of nitrogens with zero attached hydrogens (tertiary/aromatic N) is 2. The largest absolute Gasteiger partial charge is 0.414 e. The predicted octanol–water partition coefficient (Wildman–Crippen LogP) is 4.94. The summed E-state index contributed by atoms with van der Waals surface area (Å²) in [6.07, 6.45) is 0.751. The van der Waals surface area contributed by atoms with E-state index in [0.29, 0.717) is 19.6 Å². The standard InChI is InChI=1S/C30H55N3O6Si2/c1-28(2,3)40(11,12)37-21-24-23(39-41(13,14)29(4,5)6)19-25(38-24)33-20-22(26(34)31-27(33)35)15-16-30(7,8)36-18-17-32(9)10/h20,23-25H,17-19,21H2,1-14H3,(H,31,34,35)/t23-,24+,25+/m0/s1. The van der Waals surface area contributed by atoms with Crippen LogP contribution in [0.5, 0.6) is 0 Å². The molecule has 1 fully saturated rings. The van der Waals surface area contributed by atoms with Crippen molar-refractivity contribution in [3.05, 3.63) is 32.6 Å². The molecule has 1 saturated heterocycles. The molecule has 1 aromatic heterocycles. The number of aromatic nitrogens is 2. The molecule has 0 saturated carbocycles. The second kappa shape index (κ2) is 13.0. The zero-order valence-corrected chi connectivity index (χ0v) is 30.0. The van der Waals surface area contributed by atoms with Gasteiger partial charge in [-0.2, -0.15) is 0 Å². The lowest BCUT2D eigenvalue weighted by atomic mass is 10.1. The first-order valence-corrected chi connectivity index (χ1v) is 20.4. The molecule has 0 aromatic carbocycles. The summed E-state index contributed by atoms with van der Waals surface area (Å²) < 4.78 is 27.2. The molecular weight excluding hydrogens is 555 g/mol. The zero-order valence-electron chi connectivity index (χ0n) is 28.0. The summed E-state index contributed by atoms with van der Waals surface area (Å²) in [4.78, 5) is 30.1. The van der Waals surface area contributed by atoms with E-state index in [1.54, 1.807) is 0 Å². The topological polar surface area (TPSA) is 95.0 Å². The molecule has 0 radical (unpaired) electrons. The summed E-state index contributed by atoms with van der Waals surface area (Å²) in [6.45, 7) is 27.5. The maximum Gasteiger partial charge on any atom is 0.330 e. The molecule has 0 aliphatic carbocycles. The van der Waals surface area contributed by atoms with Crippen molar-refractivity contribution in [3.8, 4) is 11.8 Å². The SMILES string of the molecule is CN(C)CCOC(C)(C)C#Cc1cn([C@H]2C[C@H](O[Si](C)(C)C(C)(C)C)[C@@H](CO[Si](C)(C)C(C)(C)C)O2)c(=O)[nH]c1=O. The van der Waals surface area contributed by atoms with Crippen molar-refractivity contribution in [3.63, 3.8) is 0 Å². The molecule has 2 rings (SSSR count). The molecule has 1 aromatic rings. The normalized spacial score (nSPS) is 20.8. The van der Waals surface area contributed by atoms with E-state index in [1.807, 2.05) is 32.8 Å². The third-order valence-electron chi connectivity index (χ3n) is 8.62. The number of likely N-dealkylation sites (N-methyl/N-ethyl adjacent to an activating group) is 1. The van der Waals surface area contributed by atoms with E-state index in [0.717, 1.165) is 6.54 Å². The molecule has 41 heavy (non-hydrogen) atoms. The van der Waals surface area contributed by atoms with Crippen LogP contribution in [0.25, 0.3) is 0 Å². The third-order valence-corrected chi connectivity index (χ3v) is 17.6. The molecule has 234 valence electrons. The Morgan fingerprint density at radius 1 is 1.02 bits per heavy atom. The second-order valence-corrected chi connectivity index (χ2v) is 24.5. The lowest BCUT2D eigenvalue weighted by Gasteiger charge is -2.40. The first-order chi connectivity index (χ1) is 18.5. The predicted molar refractivity (Wildman–Crippen MR) is 171 cm³/mol. The highest BCUT2D eigenvalue weighted by molar-refractivity contribution is 6.74. The van der Waals surface area contributed by atoms with Crippen LogP contribution in [0.15, 0.2) is 15.8 Å². The van der Waals surface area contributed by atoms with Gasteiger partial charge in [0.15, 0.2) is 16.6 Å². The van der Waals surface area contributed by atoms with Crippen LogP contribution in [0.1, 0.15) is 73.6 Å². The van der Waals surface area contributed by atoms with Crippen molar-refractivity contribution in [2.24, 2.45) is 0 Å². The van der Waals surface area contributed by atoms with Gasteiger partial charge in [-0.1, -0.05) is 53.4 Å². The van der Waals surface area contributed by atoms with E-state index in [-0.39, 0.29) is 27.8 Å². The Morgan fingerprint density at radius 2 is 1.61 bits per heavy atom. The van der Waals surface area contributed by atoms with Crippen molar-refractivity contribution in [2.45, 2.75) is 122 Å². The van der Waals surface area contributed by atoms with Crippen LogP contribution in [0.3, 0.4) is 0 Å². The Labute approximate surface area is 249 Å². The van der Waals surface area contributed by atoms with Gasteiger partial charge in [-0.25, -0.2) is 4.79 Å². The Hall–Kier alpha value is -1.53. The Morgan fingerprint density at radius 3 is 2.15 bits per heavy atom. The van der Waals surface area contributed by atoms with Gasteiger partial charge in [-0.05, 0) is 64.2 Å². The van der Waals surface area contributed by atoms with Crippen molar-refractivity contribution in [1.82, 2.24) is 14.5 Å². The van der Waals surface area contributed by atoms with Gasteiger partial charge in [0.25, 0.3) is 5.56 Å². The van der Waals surface area contributed by atoms with Crippen LogP contribution in [0, 0.1) is 11.8 Å². The van der Waals surface area contributed by atoms with E-state index < -0.39 is 39.7 Å². The highest BCUT2D eigenvalue weighted by Crippen LogP contribution is 2.42. The first-order valence-electron chi connectivity index (χ1n) is 14.6. The van der Waals surface area contributed by atoms with Gasteiger partial charge in [0.05, 0.1) is 19.3 Å². The molecule has 1 aliphatic heterocycles.